The zero-order valence-electron chi connectivity index (χ0n) is 7.43. The van der Waals surface area contributed by atoms with Crippen molar-refractivity contribution in [2.45, 2.75) is 18.2 Å². The van der Waals surface area contributed by atoms with E-state index in [-0.39, 0.29) is 4.83 Å². The van der Waals surface area contributed by atoms with Gasteiger partial charge in [0.1, 0.15) is 5.75 Å². The molecule has 1 atom stereocenters. The molecule has 1 N–H and O–H groups in total. The highest BCUT2D eigenvalue weighted by atomic mass is 79.9. The van der Waals surface area contributed by atoms with Crippen molar-refractivity contribution in [3.8, 4) is 5.75 Å². The summed E-state index contributed by atoms with van der Waals surface area (Å²) in [6.45, 7) is 1.91. The maximum absolute atomic E-state index is 9.75. The molecular weight excluding hydrogens is 296 g/mol. The number of para-hydroxylation sites is 1. The topological polar surface area (TPSA) is 20.2 Å². The zero-order chi connectivity index (χ0) is 9.84. The normalized spacial score (nSPS) is 12.8. The van der Waals surface area contributed by atoms with Gasteiger partial charge < -0.3 is 5.11 Å². The predicted octanol–water partition coefficient (Wildman–Crippen LogP) is 3.92. The maximum atomic E-state index is 9.75. The number of phenolic OH excluding ortho intramolecular Hbond substituents is 1. The third-order valence-electron chi connectivity index (χ3n) is 1.97. The highest BCUT2D eigenvalue weighted by Gasteiger charge is 2.11. The Morgan fingerprint density at radius 3 is 2.77 bits per heavy atom. The highest BCUT2D eigenvalue weighted by Crippen LogP contribution is 2.34. The number of halogens is 2. The molecule has 0 radical (unpaired) electrons. The van der Waals surface area contributed by atoms with Gasteiger partial charge in [-0.05, 0) is 18.9 Å². The van der Waals surface area contributed by atoms with Crippen LogP contribution in [0.1, 0.15) is 22.4 Å². The smallest absolute Gasteiger partial charge is 0.122 e. The monoisotopic (exact) mass is 306 g/mol. The summed E-state index contributed by atoms with van der Waals surface area (Å²) in [4.78, 5) is 0.228. The summed E-state index contributed by atoms with van der Waals surface area (Å²) in [7, 11) is 0. The summed E-state index contributed by atoms with van der Waals surface area (Å²) in [6, 6.07) is 5.82. The number of rotatable bonds is 3. The molecule has 0 aliphatic rings. The lowest BCUT2D eigenvalue weighted by Gasteiger charge is -2.11. The Morgan fingerprint density at radius 1 is 1.46 bits per heavy atom. The van der Waals surface area contributed by atoms with Gasteiger partial charge in [0.05, 0.1) is 0 Å². The van der Waals surface area contributed by atoms with Crippen LogP contribution in [0.25, 0.3) is 0 Å². The number of aryl methyl sites for hydroxylation is 1. The summed E-state index contributed by atoms with van der Waals surface area (Å²) in [5.74, 6) is 0.408. The first-order valence-corrected chi connectivity index (χ1v) is 6.19. The van der Waals surface area contributed by atoms with E-state index in [1.807, 2.05) is 25.1 Å². The van der Waals surface area contributed by atoms with E-state index in [9.17, 15) is 5.11 Å². The molecule has 0 heterocycles. The molecule has 0 saturated heterocycles. The van der Waals surface area contributed by atoms with Crippen molar-refractivity contribution >= 4 is 31.9 Å². The molecule has 0 aromatic heterocycles. The maximum Gasteiger partial charge on any atom is 0.122 e. The van der Waals surface area contributed by atoms with E-state index >= 15 is 0 Å². The van der Waals surface area contributed by atoms with Gasteiger partial charge in [-0.3, -0.25) is 0 Å². The molecule has 0 amide bonds. The molecule has 0 aliphatic carbocycles. The average molecular weight is 308 g/mol. The van der Waals surface area contributed by atoms with Crippen LogP contribution in [0, 0.1) is 6.92 Å². The fraction of sp³-hybridized carbons (Fsp3) is 0.400. The second-order valence-corrected chi connectivity index (χ2v) is 4.86. The van der Waals surface area contributed by atoms with Crippen LogP contribution >= 0.6 is 31.9 Å². The van der Waals surface area contributed by atoms with Crippen molar-refractivity contribution in [1.29, 1.82) is 0 Å². The summed E-state index contributed by atoms with van der Waals surface area (Å²) < 4.78 is 0. The molecule has 13 heavy (non-hydrogen) atoms. The van der Waals surface area contributed by atoms with Crippen LogP contribution in [0.4, 0.5) is 0 Å². The predicted molar refractivity (Wildman–Crippen MR) is 62.9 cm³/mol. The fourth-order valence-electron chi connectivity index (χ4n) is 1.19. The van der Waals surface area contributed by atoms with Gasteiger partial charge in [-0.2, -0.15) is 0 Å². The quantitative estimate of drug-likeness (QED) is 0.839. The first kappa shape index (κ1) is 11.1. The number of hydrogen-bond acceptors (Lipinski definition) is 1. The van der Waals surface area contributed by atoms with E-state index in [0.29, 0.717) is 5.75 Å². The van der Waals surface area contributed by atoms with Crippen molar-refractivity contribution in [2.24, 2.45) is 0 Å². The lowest BCUT2D eigenvalue weighted by Crippen LogP contribution is -1.92. The van der Waals surface area contributed by atoms with Gasteiger partial charge in [-0.15, -0.1) is 0 Å². The molecule has 0 spiro atoms. The molecule has 0 bridgehead atoms. The molecule has 1 aromatic carbocycles. The lowest BCUT2D eigenvalue weighted by atomic mass is 10.1. The second-order valence-electron chi connectivity index (χ2n) is 2.96. The minimum absolute atomic E-state index is 0.228. The largest absolute Gasteiger partial charge is 0.507 e. The standard InChI is InChI=1S/C10H12Br2O/c1-7-3-2-4-8(10(7)13)9(12)5-6-11/h2-4,9,13H,5-6H2,1H3. The van der Waals surface area contributed by atoms with Crippen molar-refractivity contribution in [1.82, 2.24) is 0 Å². The molecule has 1 rings (SSSR count). The second kappa shape index (κ2) is 5.01. The summed E-state index contributed by atoms with van der Waals surface area (Å²) >= 11 is 6.92. The van der Waals surface area contributed by atoms with Crippen LogP contribution in [0.2, 0.25) is 0 Å². The third-order valence-corrected chi connectivity index (χ3v) is 3.38. The molecule has 0 aliphatic heterocycles. The number of alkyl halides is 2. The Labute approximate surface area is 95.4 Å². The highest BCUT2D eigenvalue weighted by molar-refractivity contribution is 9.09. The van der Waals surface area contributed by atoms with Crippen LogP contribution in [0.5, 0.6) is 5.75 Å². The zero-order valence-corrected chi connectivity index (χ0v) is 10.6. The van der Waals surface area contributed by atoms with E-state index in [1.165, 1.54) is 0 Å². The van der Waals surface area contributed by atoms with E-state index in [2.05, 4.69) is 31.9 Å². The van der Waals surface area contributed by atoms with Crippen LogP contribution < -0.4 is 0 Å². The first-order chi connectivity index (χ1) is 6.16. The molecular formula is C10H12Br2O. The van der Waals surface area contributed by atoms with Crippen LogP contribution in [0.15, 0.2) is 18.2 Å². The molecule has 0 fully saturated rings. The van der Waals surface area contributed by atoms with Crippen molar-refractivity contribution in [2.75, 3.05) is 5.33 Å². The Balaban J connectivity index is 2.93. The SMILES string of the molecule is Cc1cccc(C(Br)CCBr)c1O. The minimum atomic E-state index is 0.228. The van der Waals surface area contributed by atoms with Gasteiger partial charge in [0.15, 0.2) is 0 Å². The fourth-order valence-corrected chi connectivity index (χ4v) is 2.86. The van der Waals surface area contributed by atoms with Gasteiger partial charge in [0.25, 0.3) is 0 Å². The molecule has 72 valence electrons. The van der Waals surface area contributed by atoms with Gasteiger partial charge in [0, 0.05) is 15.7 Å². The van der Waals surface area contributed by atoms with Gasteiger partial charge in [-0.1, -0.05) is 50.1 Å². The van der Waals surface area contributed by atoms with E-state index in [0.717, 1.165) is 22.9 Å². The average Bonchev–Trinajstić information content (AvgIpc) is 2.10. The van der Waals surface area contributed by atoms with E-state index in [4.69, 9.17) is 0 Å². The van der Waals surface area contributed by atoms with Crippen molar-refractivity contribution < 1.29 is 5.11 Å². The molecule has 0 saturated carbocycles. The summed E-state index contributed by atoms with van der Waals surface area (Å²) in [5, 5.41) is 10.7. The molecule has 1 nitrogen and oxygen atoms in total. The summed E-state index contributed by atoms with van der Waals surface area (Å²) in [5.41, 5.74) is 1.90. The van der Waals surface area contributed by atoms with Crippen molar-refractivity contribution in [3.05, 3.63) is 29.3 Å². The number of hydrogen-bond donors (Lipinski definition) is 1. The Hall–Kier alpha value is -0.0200. The minimum Gasteiger partial charge on any atom is -0.507 e. The Kier molecular flexibility index (Phi) is 4.26. The van der Waals surface area contributed by atoms with E-state index in [1.54, 1.807) is 0 Å². The lowest BCUT2D eigenvalue weighted by molar-refractivity contribution is 0.463. The van der Waals surface area contributed by atoms with Crippen LogP contribution in [-0.4, -0.2) is 10.4 Å². The molecule has 1 unspecified atom stereocenters. The number of benzene rings is 1. The Bertz CT molecular complexity index is 286. The molecule has 1 aromatic rings. The third kappa shape index (κ3) is 2.71. The van der Waals surface area contributed by atoms with Gasteiger partial charge in [-0.25, -0.2) is 0 Å². The van der Waals surface area contributed by atoms with Crippen LogP contribution in [-0.2, 0) is 0 Å². The Morgan fingerprint density at radius 2 is 2.15 bits per heavy atom. The number of phenols is 1. The molecule has 3 heteroatoms. The summed E-state index contributed by atoms with van der Waals surface area (Å²) in [6.07, 6.45) is 0.969. The first-order valence-electron chi connectivity index (χ1n) is 4.15. The van der Waals surface area contributed by atoms with Crippen LogP contribution in [0.3, 0.4) is 0 Å². The van der Waals surface area contributed by atoms with Gasteiger partial charge in [0.2, 0.25) is 0 Å². The number of aromatic hydroxyl groups is 1. The van der Waals surface area contributed by atoms with Crippen molar-refractivity contribution in [3.63, 3.8) is 0 Å². The van der Waals surface area contributed by atoms with Gasteiger partial charge >= 0.3 is 0 Å². The van der Waals surface area contributed by atoms with E-state index < -0.39 is 0 Å².